The predicted octanol–water partition coefficient (Wildman–Crippen LogP) is 5.45. The molecular formula is C42H61N5O9S. The van der Waals surface area contributed by atoms with E-state index in [4.69, 9.17) is 19.3 Å². The molecule has 1 aliphatic carbocycles. The van der Waals surface area contributed by atoms with E-state index >= 15 is 0 Å². The van der Waals surface area contributed by atoms with Crippen molar-refractivity contribution in [3.05, 3.63) is 53.0 Å². The van der Waals surface area contributed by atoms with E-state index in [-0.39, 0.29) is 55.2 Å². The number of anilines is 1. The molecular weight excluding hydrogens is 751 g/mol. The molecule has 4 rings (SSSR count). The number of amides is 4. The van der Waals surface area contributed by atoms with E-state index in [1.807, 2.05) is 60.2 Å². The number of aryl methyl sites for hydroxylation is 1. The number of hydrogen-bond donors (Lipinski definition) is 4. The molecule has 1 saturated carbocycles. The molecule has 4 N–H and O–H groups in total. The fraction of sp³-hybridized carbons (Fsp3) is 0.595. The molecule has 1 fully saturated rings. The molecule has 0 aliphatic heterocycles. The minimum Gasteiger partial charge on any atom is -0.481 e. The number of benzene rings is 1. The highest BCUT2D eigenvalue weighted by atomic mass is 32.1. The maximum Gasteiger partial charge on any atom is 0.305 e. The van der Waals surface area contributed by atoms with Crippen LogP contribution >= 0.6 is 11.3 Å². The van der Waals surface area contributed by atoms with Gasteiger partial charge in [0.25, 0.3) is 5.91 Å². The van der Waals surface area contributed by atoms with Crippen LogP contribution in [0.1, 0.15) is 93.6 Å². The fourth-order valence-corrected chi connectivity index (χ4v) is 7.79. The van der Waals surface area contributed by atoms with Crippen LogP contribution < -0.4 is 20.9 Å². The number of thiophene rings is 1. The van der Waals surface area contributed by atoms with Gasteiger partial charge in [0.1, 0.15) is 12.2 Å². The summed E-state index contributed by atoms with van der Waals surface area (Å²) in [6.07, 6.45) is 7.97. The van der Waals surface area contributed by atoms with Gasteiger partial charge in [0, 0.05) is 43.7 Å². The molecule has 0 spiro atoms. The third-order valence-corrected chi connectivity index (χ3v) is 10.9. The first-order valence-corrected chi connectivity index (χ1v) is 21.3. The van der Waals surface area contributed by atoms with E-state index in [0.29, 0.717) is 77.6 Å². The smallest absolute Gasteiger partial charge is 0.305 e. The van der Waals surface area contributed by atoms with Gasteiger partial charge in [0.15, 0.2) is 0 Å². The Bertz CT molecular complexity index is 1720. The van der Waals surface area contributed by atoms with Crippen LogP contribution in [0.5, 0.6) is 0 Å². The number of likely N-dealkylation sites (N-methyl/N-ethyl adjacent to an activating group) is 1. The largest absolute Gasteiger partial charge is 0.481 e. The number of hydrogen-bond acceptors (Lipinski definition) is 9. The van der Waals surface area contributed by atoms with E-state index in [1.54, 1.807) is 16.2 Å². The molecule has 14 nitrogen and oxygen atoms in total. The molecule has 2 heterocycles. The molecule has 0 atom stereocenters. The molecule has 0 unspecified atom stereocenters. The molecule has 15 heteroatoms. The molecule has 57 heavy (non-hydrogen) atoms. The quantitative estimate of drug-likeness (QED) is 0.0730. The van der Waals surface area contributed by atoms with Crippen LogP contribution in [-0.2, 0) is 39.9 Å². The third kappa shape index (κ3) is 15.9. The van der Waals surface area contributed by atoms with Gasteiger partial charge < -0.3 is 44.7 Å². The molecule has 0 radical (unpaired) electrons. The second kappa shape index (κ2) is 25.1. The summed E-state index contributed by atoms with van der Waals surface area (Å²) in [7, 11) is 0. The SMILES string of the molecule is CCN(C(=O)Cn1c(C(=O)NC2CCC(C(=O)NCCCCCCCC(=O)NCCOCCOCCOCCC(=O)O)CC2)cc2sccc21)c1cccc(C)c1. The zero-order valence-corrected chi connectivity index (χ0v) is 34.4. The Morgan fingerprint density at radius 3 is 2.25 bits per heavy atom. The van der Waals surface area contributed by atoms with Gasteiger partial charge in [-0.05, 0) is 87.6 Å². The lowest BCUT2D eigenvalue weighted by molar-refractivity contribution is -0.138. The monoisotopic (exact) mass is 811 g/mol. The van der Waals surface area contributed by atoms with E-state index in [0.717, 1.165) is 66.4 Å². The number of ether oxygens (including phenoxy) is 3. The third-order valence-electron chi connectivity index (χ3n) is 10.1. The van der Waals surface area contributed by atoms with Gasteiger partial charge in [-0.1, -0.05) is 31.4 Å². The summed E-state index contributed by atoms with van der Waals surface area (Å²) < 4.78 is 18.7. The van der Waals surface area contributed by atoms with Crippen molar-refractivity contribution in [3.63, 3.8) is 0 Å². The first-order valence-electron chi connectivity index (χ1n) is 20.4. The number of carbonyl (C=O) groups excluding carboxylic acids is 4. The Balaban J connectivity index is 1.03. The van der Waals surface area contributed by atoms with Gasteiger partial charge in [-0.25, -0.2) is 0 Å². The summed E-state index contributed by atoms with van der Waals surface area (Å²) in [5, 5.41) is 19.7. The average Bonchev–Trinajstić information content (AvgIpc) is 3.79. The maximum absolute atomic E-state index is 13.6. The van der Waals surface area contributed by atoms with Crippen molar-refractivity contribution < 1.29 is 43.3 Å². The normalized spacial score (nSPS) is 15.3. The Kier molecular flexibility index (Phi) is 20.0. The van der Waals surface area contributed by atoms with Gasteiger partial charge in [-0.3, -0.25) is 24.0 Å². The summed E-state index contributed by atoms with van der Waals surface area (Å²) >= 11 is 1.55. The summed E-state index contributed by atoms with van der Waals surface area (Å²) in [4.78, 5) is 64.3. The average molecular weight is 812 g/mol. The minimum absolute atomic E-state index is 0.00822. The van der Waals surface area contributed by atoms with Crippen molar-refractivity contribution in [3.8, 4) is 0 Å². The van der Waals surface area contributed by atoms with Crippen molar-refractivity contribution >= 4 is 56.8 Å². The summed E-state index contributed by atoms with van der Waals surface area (Å²) in [5.74, 6) is -1.14. The molecule has 1 aliphatic rings. The second-order valence-electron chi connectivity index (χ2n) is 14.4. The lowest BCUT2D eigenvalue weighted by atomic mass is 9.85. The highest BCUT2D eigenvalue weighted by Crippen LogP contribution is 2.28. The first kappa shape index (κ1) is 45.4. The zero-order valence-electron chi connectivity index (χ0n) is 33.6. The standard InChI is InChI=1S/C42H61N5O9S/c1-3-46(34-11-9-10-31(2)28-34)39(49)30-47-35-18-27-57-37(35)29-36(47)42(53)45-33-15-13-32(14-16-33)41(52)44-19-8-6-4-5-7-12-38(48)43-20-22-55-24-26-56-25-23-54-21-17-40(50)51/h9-11,18,27-29,32-33H,3-8,12-17,19-26,30H2,1-2H3,(H,43,48)(H,44,52)(H,45,53)(H,50,51). The summed E-state index contributed by atoms with van der Waals surface area (Å²) in [6, 6.07) is 11.7. The number of nitrogens with one attached hydrogen (secondary N) is 3. The number of rotatable bonds is 27. The highest BCUT2D eigenvalue weighted by Gasteiger charge is 2.29. The highest BCUT2D eigenvalue weighted by molar-refractivity contribution is 7.17. The number of fused-ring (bicyclic) bond motifs is 1. The minimum atomic E-state index is -0.890. The van der Waals surface area contributed by atoms with Gasteiger partial charge >= 0.3 is 5.97 Å². The lowest BCUT2D eigenvalue weighted by Gasteiger charge is -2.28. The van der Waals surface area contributed by atoms with Crippen LogP contribution in [0, 0.1) is 12.8 Å². The molecule has 4 amide bonds. The van der Waals surface area contributed by atoms with Crippen LogP contribution in [0.25, 0.3) is 10.2 Å². The lowest BCUT2D eigenvalue weighted by Crippen LogP contribution is -2.42. The van der Waals surface area contributed by atoms with Gasteiger partial charge in [0.2, 0.25) is 17.7 Å². The maximum atomic E-state index is 13.6. The Morgan fingerprint density at radius 2 is 1.53 bits per heavy atom. The number of unbranched alkanes of at least 4 members (excludes halogenated alkanes) is 4. The van der Waals surface area contributed by atoms with E-state index in [9.17, 15) is 24.0 Å². The molecule has 2 aromatic heterocycles. The number of aliphatic carboxylic acids is 1. The van der Waals surface area contributed by atoms with E-state index in [2.05, 4.69) is 16.0 Å². The Hall–Kier alpha value is -4.31. The van der Waals surface area contributed by atoms with Crippen molar-refractivity contribution in [2.75, 3.05) is 64.2 Å². The molecule has 3 aromatic rings. The topological polar surface area (TPSA) is 178 Å². The predicted molar refractivity (Wildman–Crippen MR) is 221 cm³/mol. The van der Waals surface area contributed by atoms with Gasteiger partial charge in [-0.2, -0.15) is 0 Å². The van der Waals surface area contributed by atoms with Crippen LogP contribution in [0.15, 0.2) is 41.8 Å². The van der Waals surface area contributed by atoms with Crippen molar-refractivity contribution in [2.45, 2.75) is 97.1 Å². The zero-order chi connectivity index (χ0) is 40.8. The number of carboxylic acids is 1. The Morgan fingerprint density at radius 1 is 0.825 bits per heavy atom. The van der Waals surface area contributed by atoms with Crippen LogP contribution in [0.2, 0.25) is 0 Å². The van der Waals surface area contributed by atoms with Gasteiger partial charge in [0.05, 0.1) is 56.3 Å². The van der Waals surface area contributed by atoms with E-state index < -0.39 is 5.97 Å². The van der Waals surface area contributed by atoms with Crippen LogP contribution in [0.4, 0.5) is 5.69 Å². The summed E-state index contributed by atoms with van der Waals surface area (Å²) in [5.41, 5.74) is 3.27. The van der Waals surface area contributed by atoms with Crippen LogP contribution in [-0.4, -0.2) is 105 Å². The summed E-state index contributed by atoms with van der Waals surface area (Å²) in [6.45, 7) is 7.70. The van der Waals surface area contributed by atoms with Crippen LogP contribution in [0.3, 0.4) is 0 Å². The molecule has 314 valence electrons. The number of carbonyl (C=O) groups is 5. The second-order valence-corrected chi connectivity index (χ2v) is 15.4. The number of aromatic nitrogens is 1. The fourth-order valence-electron chi connectivity index (χ4n) is 6.96. The van der Waals surface area contributed by atoms with Gasteiger partial charge in [-0.15, -0.1) is 11.3 Å². The van der Waals surface area contributed by atoms with Crippen molar-refractivity contribution in [1.82, 2.24) is 20.5 Å². The molecule has 0 saturated heterocycles. The Labute approximate surface area is 340 Å². The van der Waals surface area contributed by atoms with E-state index in [1.165, 1.54) is 0 Å². The molecule has 0 bridgehead atoms. The van der Waals surface area contributed by atoms with Crippen molar-refractivity contribution in [1.29, 1.82) is 0 Å². The number of nitrogens with zero attached hydrogens (tertiary/aromatic N) is 2. The number of carboxylic acid groups (broad SMARTS) is 1. The van der Waals surface area contributed by atoms with Crippen molar-refractivity contribution in [2.24, 2.45) is 5.92 Å². The first-order chi connectivity index (χ1) is 27.7. The molecule has 1 aromatic carbocycles.